The number of allylic oxidation sites excluding steroid dienone is 1. The molecule has 1 aliphatic rings. The van der Waals surface area contributed by atoms with E-state index >= 15 is 0 Å². The third-order valence-electron chi connectivity index (χ3n) is 5.88. The molecule has 2 amide bonds. The van der Waals surface area contributed by atoms with Crippen molar-refractivity contribution in [2.45, 2.75) is 31.9 Å². The second kappa shape index (κ2) is 9.98. The van der Waals surface area contributed by atoms with Gasteiger partial charge in [0.15, 0.2) is 5.60 Å². The zero-order chi connectivity index (χ0) is 24.1. The Morgan fingerprint density at radius 2 is 2.06 bits per heavy atom. The number of fused-ring (bicyclic) bond motifs is 1. The minimum atomic E-state index is -1.76. The van der Waals surface area contributed by atoms with Gasteiger partial charge in [-0.25, -0.2) is 0 Å². The van der Waals surface area contributed by atoms with E-state index in [1.54, 1.807) is 66.3 Å². The number of nitrogens with one attached hydrogen (secondary N) is 2. The summed E-state index contributed by atoms with van der Waals surface area (Å²) in [7, 11) is 0. The van der Waals surface area contributed by atoms with Crippen LogP contribution in [0.5, 0.6) is 0 Å². The summed E-state index contributed by atoms with van der Waals surface area (Å²) in [4.78, 5) is 25.3. The third-order valence-corrected chi connectivity index (χ3v) is 5.88. The van der Waals surface area contributed by atoms with Gasteiger partial charge in [0.05, 0.1) is 5.69 Å². The number of aliphatic hydroxyl groups is 2. The Morgan fingerprint density at radius 1 is 1.26 bits per heavy atom. The highest BCUT2D eigenvalue weighted by atomic mass is 16.3. The Morgan fingerprint density at radius 3 is 2.82 bits per heavy atom. The number of anilines is 2. The molecular formula is C25H27N5O4. The van der Waals surface area contributed by atoms with Gasteiger partial charge in [0.1, 0.15) is 0 Å². The van der Waals surface area contributed by atoms with Crippen molar-refractivity contribution in [1.82, 2.24) is 15.0 Å². The molecule has 0 aliphatic carbocycles. The monoisotopic (exact) mass is 461 g/mol. The first-order valence-corrected chi connectivity index (χ1v) is 11.1. The summed E-state index contributed by atoms with van der Waals surface area (Å²) in [6, 6.07) is 13.8. The normalized spacial score (nSPS) is 18.0. The highest BCUT2D eigenvalue weighted by molar-refractivity contribution is 6.07. The van der Waals surface area contributed by atoms with E-state index in [0.29, 0.717) is 41.9 Å². The molecule has 9 nitrogen and oxygen atoms in total. The molecule has 0 saturated heterocycles. The number of carbonyl (C=O) groups excluding carboxylic acids is 2. The SMILES string of the molecule is C[C@@H](/C=C/CCn1cc(CCO)nn1)[C@]1(O)C(=O)Nc2ccc(NC(=O)c3ccccc3)cc21. The van der Waals surface area contributed by atoms with Gasteiger partial charge in [-0.15, -0.1) is 5.10 Å². The lowest BCUT2D eigenvalue weighted by Crippen LogP contribution is -2.39. The predicted molar refractivity (Wildman–Crippen MR) is 127 cm³/mol. The topological polar surface area (TPSA) is 129 Å². The number of benzene rings is 2. The van der Waals surface area contributed by atoms with Crippen LogP contribution in [0.3, 0.4) is 0 Å². The minimum absolute atomic E-state index is 0.0237. The molecule has 1 aromatic heterocycles. The Labute approximate surface area is 197 Å². The molecule has 34 heavy (non-hydrogen) atoms. The van der Waals surface area contributed by atoms with Crippen molar-refractivity contribution in [3.8, 4) is 0 Å². The zero-order valence-electron chi connectivity index (χ0n) is 18.8. The van der Waals surface area contributed by atoms with Gasteiger partial charge >= 0.3 is 0 Å². The van der Waals surface area contributed by atoms with Crippen LogP contribution in [0.4, 0.5) is 11.4 Å². The molecule has 2 atom stereocenters. The van der Waals surface area contributed by atoms with E-state index in [1.807, 2.05) is 12.1 Å². The fourth-order valence-electron chi connectivity index (χ4n) is 3.95. The van der Waals surface area contributed by atoms with Crippen molar-refractivity contribution in [2.75, 3.05) is 17.2 Å². The Hall–Kier alpha value is -3.82. The lowest BCUT2D eigenvalue weighted by molar-refractivity contribution is -0.137. The summed E-state index contributed by atoms with van der Waals surface area (Å²) in [5.74, 6) is -1.30. The molecule has 3 aromatic rings. The van der Waals surface area contributed by atoms with Crippen LogP contribution in [0.15, 0.2) is 66.9 Å². The maximum absolute atomic E-state index is 12.7. The number of carbonyl (C=O) groups is 2. The van der Waals surface area contributed by atoms with E-state index in [0.717, 1.165) is 5.69 Å². The summed E-state index contributed by atoms with van der Waals surface area (Å²) in [5.41, 5.74) is 0.905. The molecule has 0 unspecified atom stereocenters. The highest BCUT2D eigenvalue weighted by Gasteiger charge is 2.48. The molecule has 4 N–H and O–H groups in total. The molecule has 2 aromatic carbocycles. The van der Waals surface area contributed by atoms with Crippen LogP contribution in [0.2, 0.25) is 0 Å². The fraction of sp³-hybridized carbons (Fsp3) is 0.280. The third kappa shape index (κ3) is 4.75. The summed E-state index contributed by atoms with van der Waals surface area (Å²) in [6.45, 7) is 2.38. The maximum atomic E-state index is 12.7. The van der Waals surface area contributed by atoms with Crippen molar-refractivity contribution in [3.63, 3.8) is 0 Å². The van der Waals surface area contributed by atoms with Gasteiger partial charge in [-0.05, 0) is 36.8 Å². The molecule has 0 saturated carbocycles. The first-order valence-electron chi connectivity index (χ1n) is 11.1. The molecular weight excluding hydrogens is 434 g/mol. The summed E-state index contributed by atoms with van der Waals surface area (Å²) < 4.78 is 1.69. The first kappa shape index (κ1) is 23.3. The van der Waals surface area contributed by atoms with Gasteiger partial charge in [0, 0.05) is 54.2 Å². The molecule has 0 fully saturated rings. The van der Waals surface area contributed by atoms with Gasteiger partial charge in [-0.3, -0.25) is 14.3 Å². The lowest BCUT2D eigenvalue weighted by atomic mass is 9.82. The van der Waals surface area contributed by atoms with Crippen LogP contribution in [-0.4, -0.2) is 43.6 Å². The van der Waals surface area contributed by atoms with Gasteiger partial charge in [0.25, 0.3) is 11.8 Å². The average Bonchev–Trinajstić information content (AvgIpc) is 3.39. The molecule has 4 rings (SSSR count). The molecule has 2 heterocycles. The van der Waals surface area contributed by atoms with Crippen molar-refractivity contribution in [2.24, 2.45) is 5.92 Å². The fourth-order valence-corrected chi connectivity index (χ4v) is 3.95. The average molecular weight is 462 g/mol. The van der Waals surface area contributed by atoms with Crippen LogP contribution in [0.25, 0.3) is 0 Å². The Bertz CT molecular complexity index is 1210. The maximum Gasteiger partial charge on any atom is 0.261 e. The number of hydrogen-bond donors (Lipinski definition) is 4. The smallest absolute Gasteiger partial charge is 0.261 e. The summed E-state index contributed by atoms with van der Waals surface area (Å²) in [5, 5.41) is 33.9. The number of nitrogens with zero attached hydrogens (tertiary/aromatic N) is 3. The molecule has 1 aliphatic heterocycles. The molecule has 9 heteroatoms. The molecule has 0 spiro atoms. The second-order valence-electron chi connectivity index (χ2n) is 8.25. The van der Waals surface area contributed by atoms with Crippen molar-refractivity contribution < 1.29 is 19.8 Å². The van der Waals surface area contributed by atoms with E-state index in [9.17, 15) is 14.7 Å². The van der Waals surface area contributed by atoms with Crippen LogP contribution in [-0.2, 0) is 23.4 Å². The van der Waals surface area contributed by atoms with Crippen molar-refractivity contribution >= 4 is 23.2 Å². The quantitative estimate of drug-likeness (QED) is 0.362. The van der Waals surface area contributed by atoms with Crippen molar-refractivity contribution in [1.29, 1.82) is 0 Å². The Kier molecular flexibility index (Phi) is 6.85. The van der Waals surface area contributed by atoms with E-state index in [4.69, 9.17) is 5.11 Å². The largest absolute Gasteiger partial charge is 0.396 e. The highest BCUT2D eigenvalue weighted by Crippen LogP contribution is 2.42. The van der Waals surface area contributed by atoms with Gasteiger partial charge in [-0.2, -0.15) is 0 Å². The number of aromatic nitrogens is 3. The number of aliphatic hydroxyl groups excluding tert-OH is 1. The number of amides is 2. The van der Waals surface area contributed by atoms with Gasteiger partial charge in [0.2, 0.25) is 0 Å². The lowest BCUT2D eigenvalue weighted by Gasteiger charge is -2.26. The van der Waals surface area contributed by atoms with Crippen LogP contribution < -0.4 is 10.6 Å². The van der Waals surface area contributed by atoms with E-state index in [-0.39, 0.29) is 12.5 Å². The van der Waals surface area contributed by atoms with Gasteiger partial charge in [-0.1, -0.05) is 42.5 Å². The summed E-state index contributed by atoms with van der Waals surface area (Å²) in [6.07, 6.45) is 6.57. The summed E-state index contributed by atoms with van der Waals surface area (Å²) >= 11 is 0. The van der Waals surface area contributed by atoms with E-state index in [1.165, 1.54) is 0 Å². The van der Waals surface area contributed by atoms with Gasteiger partial charge < -0.3 is 20.8 Å². The molecule has 176 valence electrons. The first-order chi connectivity index (χ1) is 16.4. The van der Waals surface area contributed by atoms with Crippen LogP contribution >= 0.6 is 0 Å². The predicted octanol–water partition coefficient (Wildman–Crippen LogP) is 2.49. The number of hydrogen-bond acceptors (Lipinski definition) is 6. The van der Waals surface area contributed by atoms with Crippen LogP contribution in [0, 0.1) is 5.92 Å². The minimum Gasteiger partial charge on any atom is -0.396 e. The Balaban J connectivity index is 1.45. The number of rotatable bonds is 9. The van der Waals surface area contributed by atoms with E-state index < -0.39 is 17.4 Å². The molecule has 0 bridgehead atoms. The zero-order valence-corrected chi connectivity index (χ0v) is 18.8. The standard InChI is InChI=1S/C25H27N5O4/c1-17(7-5-6-13-30-16-20(12-14-31)28-29-30)25(34)21-15-19(10-11-22(21)27-24(25)33)26-23(32)18-8-3-2-4-9-18/h2-5,7-11,15-17,31,34H,6,12-14H2,1H3,(H,26,32)(H,27,33)/b7-5+/t17-,25+/m0/s1. The van der Waals surface area contributed by atoms with Crippen molar-refractivity contribution in [3.05, 3.63) is 83.7 Å². The van der Waals surface area contributed by atoms with Crippen LogP contribution in [0.1, 0.15) is 35.0 Å². The molecule has 0 radical (unpaired) electrons. The van der Waals surface area contributed by atoms with E-state index in [2.05, 4.69) is 20.9 Å². The number of aryl methyl sites for hydroxylation is 1. The second-order valence-corrected chi connectivity index (χ2v) is 8.25.